The van der Waals surface area contributed by atoms with Gasteiger partial charge in [-0.2, -0.15) is 0 Å². The van der Waals surface area contributed by atoms with Crippen molar-refractivity contribution in [2.45, 2.75) is 70.1 Å². The summed E-state index contributed by atoms with van der Waals surface area (Å²) in [6.07, 6.45) is 6.61. The molecule has 2 fully saturated rings. The molecule has 116 valence electrons. The maximum Gasteiger partial charge on any atom is 0.235 e. The summed E-state index contributed by atoms with van der Waals surface area (Å²) < 4.78 is 24.3. The Hall–Kier alpha value is -0.580. The van der Waals surface area contributed by atoms with Crippen LogP contribution in [0, 0.1) is 11.8 Å². The van der Waals surface area contributed by atoms with Crippen LogP contribution in [0.2, 0.25) is 0 Å². The zero-order chi connectivity index (χ0) is 14.8. The molecule has 0 bridgehead atoms. The smallest absolute Gasteiger partial charge is 0.235 e. The second kappa shape index (κ2) is 6.46. The molecule has 2 aliphatic carbocycles. The van der Waals surface area contributed by atoms with Crippen LogP contribution < -0.4 is 5.32 Å². The molecule has 0 heterocycles. The van der Waals surface area contributed by atoms with Gasteiger partial charge in [0.2, 0.25) is 5.91 Å². The highest BCUT2D eigenvalue weighted by Gasteiger charge is 2.32. The van der Waals surface area contributed by atoms with Gasteiger partial charge in [-0.15, -0.1) is 0 Å². The predicted octanol–water partition coefficient (Wildman–Crippen LogP) is 2.28. The van der Waals surface area contributed by atoms with Crippen LogP contribution in [0.4, 0.5) is 0 Å². The van der Waals surface area contributed by atoms with Crippen LogP contribution in [0.1, 0.15) is 58.8 Å². The maximum atomic E-state index is 12.2. The molecule has 0 aromatic heterocycles. The summed E-state index contributed by atoms with van der Waals surface area (Å²) in [5, 5.41) is 2.67. The first-order chi connectivity index (χ1) is 9.38. The molecule has 3 atom stereocenters. The van der Waals surface area contributed by atoms with E-state index in [1.165, 1.54) is 0 Å². The minimum Gasteiger partial charge on any atom is -0.352 e. The first-order valence-corrected chi connectivity index (χ1v) is 9.61. The number of carbonyl (C=O) groups excluding carboxylic acids is 1. The normalized spacial score (nSPS) is 32.2. The number of carbonyl (C=O) groups is 1. The molecule has 2 aliphatic rings. The SMILES string of the molecule is C[C@@H]1CC[C@@H](NC(=O)CS(=O)(=O)C2CCCC2)[C@H](C)C1. The van der Waals surface area contributed by atoms with Gasteiger partial charge in [0.1, 0.15) is 5.75 Å². The van der Waals surface area contributed by atoms with E-state index in [2.05, 4.69) is 19.2 Å². The van der Waals surface area contributed by atoms with E-state index in [0.717, 1.165) is 44.9 Å². The van der Waals surface area contributed by atoms with E-state index < -0.39 is 9.84 Å². The maximum absolute atomic E-state index is 12.2. The second-order valence-corrected chi connectivity index (χ2v) is 9.06. The van der Waals surface area contributed by atoms with E-state index in [9.17, 15) is 13.2 Å². The number of nitrogens with one attached hydrogen (secondary N) is 1. The van der Waals surface area contributed by atoms with Gasteiger partial charge in [0.25, 0.3) is 0 Å². The monoisotopic (exact) mass is 301 g/mol. The van der Waals surface area contributed by atoms with Crippen LogP contribution in [-0.2, 0) is 14.6 Å². The molecule has 0 saturated heterocycles. The van der Waals surface area contributed by atoms with Crippen molar-refractivity contribution < 1.29 is 13.2 Å². The minimum absolute atomic E-state index is 0.150. The van der Waals surface area contributed by atoms with Gasteiger partial charge in [-0.25, -0.2) is 8.42 Å². The van der Waals surface area contributed by atoms with Crippen molar-refractivity contribution >= 4 is 15.7 Å². The minimum atomic E-state index is -3.25. The van der Waals surface area contributed by atoms with Gasteiger partial charge in [-0.3, -0.25) is 4.79 Å². The Morgan fingerprint density at radius 2 is 1.75 bits per heavy atom. The van der Waals surface area contributed by atoms with Crippen LogP contribution in [0.5, 0.6) is 0 Å². The molecule has 1 N–H and O–H groups in total. The predicted molar refractivity (Wildman–Crippen MR) is 80.2 cm³/mol. The summed E-state index contributed by atoms with van der Waals surface area (Å²) in [6, 6.07) is 0.150. The first-order valence-electron chi connectivity index (χ1n) is 7.89. The van der Waals surface area contributed by atoms with Gasteiger partial charge in [-0.1, -0.05) is 26.7 Å². The van der Waals surface area contributed by atoms with E-state index in [1.807, 2.05) is 0 Å². The second-order valence-electron chi connectivity index (χ2n) is 6.78. The van der Waals surface area contributed by atoms with E-state index in [-0.39, 0.29) is 23.0 Å². The molecule has 2 saturated carbocycles. The summed E-state index contributed by atoms with van der Waals surface area (Å²) >= 11 is 0. The van der Waals surface area contributed by atoms with Gasteiger partial charge in [0, 0.05) is 6.04 Å². The molecule has 1 amide bonds. The van der Waals surface area contributed by atoms with E-state index >= 15 is 0 Å². The van der Waals surface area contributed by atoms with Crippen molar-refractivity contribution in [3.63, 3.8) is 0 Å². The van der Waals surface area contributed by atoms with Gasteiger partial charge in [0.15, 0.2) is 9.84 Å². The summed E-state index contributed by atoms with van der Waals surface area (Å²) in [5.74, 6) is 0.525. The number of hydrogen-bond acceptors (Lipinski definition) is 3. The zero-order valence-electron chi connectivity index (χ0n) is 12.6. The number of sulfone groups is 1. The Labute approximate surface area is 122 Å². The van der Waals surface area contributed by atoms with Crippen molar-refractivity contribution in [2.75, 3.05) is 5.75 Å². The highest BCUT2D eigenvalue weighted by molar-refractivity contribution is 7.92. The zero-order valence-corrected chi connectivity index (χ0v) is 13.4. The van der Waals surface area contributed by atoms with Crippen LogP contribution in [0.3, 0.4) is 0 Å². The van der Waals surface area contributed by atoms with Crippen LogP contribution in [0.15, 0.2) is 0 Å². The summed E-state index contributed by atoms with van der Waals surface area (Å²) in [4.78, 5) is 12.0. The molecule has 20 heavy (non-hydrogen) atoms. The fourth-order valence-electron chi connectivity index (χ4n) is 3.68. The van der Waals surface area contributed by atoms with Crippen molar-refractivity contribution in [3.05, 3.63) is 0 Å². The summed E-state index contributed by atoms with van der Waals surface area (Å²) in [5.41, 5.74) is 0. The topological polar surface area (TPSA) is 63.2 Å². The number of hydrogen-bond donors (Lipinski definition) is 1. The molecule has 0 radical (unpaired) electrons. The summed E-state index contributed by atoms with van der Waals surface area (Å²) in [6.45, 7) is 4.38. The van der Waals surface area contributed by atoms with E-state index in [4.69, 9.17) is 0 Å². The van der Waals surface area contributed by atoms with Crippen LogP contribution >= 0.6 is 0 Å². The molecular weight excluding hydrogens is 274 g/mol. The third-order valence-electron chi connectivity index (χ3n) is 4.92. The third-order valence-corrected chi connectivity index (χ3v) is 7.07. The fourth-order valence-corrected chi connectivity index (χ4v) is 5.41. The number of rotatable bonds is 4. The average molecular weight is 301 g/mol. The van der Waals surface area contributed by atoms with E-state index in [1.54, 1.807) is 0 Å². The number of amides is 1. The summed E-state index contributed by atoms with van der Waals surface area (Å²) in [7, 11) is -3.25. The van der Waals surface area contributed by atoms with Crippen molar-refractivity contribution in [3.8, 4) is 0 Å². The molecule has 0 aromatic carbocycles. The quantitative estimate of drug-likeness (QED) is 0.866. The highest BCUT2D eigenvalue weighted by atomic mass is 32.2. The lowest BCUT2D eigenvalue weighted by Crippen LogP contribution is -2.45. The Morgan fingerprint density at radius 3 is 2.35 bits per heavy atom. The van der Waals surface area contributed by atoms with Gasteiger partial charge in [0.05, 0.1) is 5.25 Å². The Balaban J connectivity index is 1.86. The van der Waals surface area contributed by atoms with Crippen molar-refractivity contribution in [2.24, 2.45) is 11.8 Å². The third kappa shape index (κ3) is 3.96. The lowest BCUT2D eigenvalue weighted by Gasteiger charge is -2.33. The molecule has 4 nitrogen and oxygen atoms in total. The van der Waals surface area contributed by atoms with Crippen molar-refractivity contribution in [1.82, 2.24) is 5.32 Å². The molecule has 2 rings (SSSR count). The molecule has 0 aromatic rings. The van der Waals surface area contributed by atoms with Gasteiger partial charge < -0.3 is 5.32 Å². The molecule has 5 heteroatoms. The van der Waals surface area contributed by atoms with Crippen LogP contribution in [-0.4, -0.2) is 31.4 Å². The largest absolute Gasteiger partial charge is 0.352 e. The fraction of sp³-hybridized carbons (Fsp3) is 0.933. The standard InChI is InChI=1S/C15H27NO3S/c1-11-7-8-14(12(2)9-11)16-15(17)10-20(18,19)13-5-3-4-6-13/h11-14H,3-10H2,1-2H3,(H,16,17)/t11-,12-,14-/m1/s1. The highest BCUT2D eigenvalue weighted by Crippen LogP contribution is 2.29. The molecular formula is C15H27NO3S. The first kappa shape index (κ1) is 15.8. The molecule has 0 unspecified atom stereocenters. The lowest BCUT2D eigenvalue weighted by atomic mass is 9.80. The Kier molecular flexibility index (Phi) is 5.10. The van der Waals surface area contributed by atoms with Crippen LogP contribution in [0.25, 0.3) is 0 Å². The van der Waals surface area contributed by atoms with Gasteiger partial charge in [-0.05, 0) is 43.9 Å². The molecule has 0 aliphatic heterocycles. The lowest BCUT2D eigenvalue weighted by molar-refractivity contribution is -0.120. The average Bonchev–Trinajstić information content (AvgIpc) is 2.86. The van der Waals surface area contributed by atoms with Crippen molar-refractivity contribution in [1.29, 1.82) is 0 Å². The van der Waals surface area contributed by atoms with E-state index in [0.29, 0.717) is 11.8 Å². The van der Waals surface area contributed by atoms with Gasteiger partial charge >= 0.3 is 0 Å². The molecule has 0 spiro atoms. The Morgan fingerprint density at radius 1 is 1.10 bits per heavy atom. The Bertz CT molecular complexity index is 440.